The predicted molar refractivity (Wildman–Crippen MR) is 87.0 cm³/mol. The summed E-state index contributed by atoms with van der Waals surface area (Å²) in [5, 5.41) is 0. The van der Waals surface area contributed by atoms with Crippen molar-refractivity contribution in [3.63, 3.8) is 0 Å². The van der Waals surface area contributed by atoms with Crippen molar-refractivity contribution >= 4 is 5.69 Å². The summed E-state index contributed by atoms with van der Waals surface area (Å²) in [4.78, 5) is 0. The summed E-state index contributed by atoms with van der Waals surface area (Å²) in [6, 6.07) is 22.0. The Hall–Kier alpha value is -2.81. The number of hydrogen-bond donors (Lipinski definition) is 1. The summed E-state index contributed by atoms with van der Waals surface area (Å²) in [5.74, 6) is 0.432. The number of benzene rings is 3. The Kier molecular flexibility index (Phi) is 4.05. The fraction of sp³-hybridized carbons (Fsp3) is 0.0526. The topological polar surface area (TPSA) is 35.2 Å². The molecular weight excluding hydrogens is 277 g/mol. The van der Waals surface area contributed by atoms with E-state index < -0.39 is 0 Å². The average Bonchev–Trinajstić information content (AvgIpc) is 2.55. The third kappa shape index (κ3) is 3.26. The molecule has 2 nitrogen and oxygen atoms in total. The minimum atomic E-state index is -0.321. The zero-order valence-electron chi connectivity index (χ0n) is 12.0. The highest BCUT2D eigenvalue weighted by molar-refractivity contribution is 5.66. The summed E-state index contributed by atoms with van der Waals surface area (Å²) in [7, 11) is 0. The lowest BCUT2D eigenvalue weighted by atomic mass is 10.0. The molecule has 3 rings (SSSR count). The second-order valence-electron chi connectivity index (χ2n) is 5.04. The van der Waals surface area contributed by atoms with Gasteiger partial charge in [-0.1, -0.05) is 42.5 Å². The van der Waals surface area contributed by atoms with Crippen molar-refractivity contribution in [3.05, 3.63) is 84.2 Å². The van der Waals surface area contributed by atoms with E-state index in [1.165, 1.54) is 6.07 Å². The van der Waals surface area contributed by atoms with Crippen LogP contribution in [0, 0.1) is 5.82 Å². The largest absolute Gasteiger partial charge is 0.489 e. The van der Waals surface area contributed by atoms with Crippen molar-refractivity contribution in [3.8, 4) is 16.9 Å². The van der Waals surface area contributed by atoms with E-state index >= 15 is 0 Å². The van der Waals surface area contributed by atoms with Gasteiger partial charge >= 0.3 is 0 Å². The van der Waals surface area contributed by atoms with Crippen LogP contribution in [-0.2, 0) is 6.61 Å². The number of anilines is 1. The Bertz CT molecular complexity index is 754. The van der Waals surface area contributed by atoms with E-state index in [1.54, 1.807) is 12.1 Å². The maximum Gasteiger partial charge on any atom is 0.133 e. The van der Waals surface area contributed by atoms with Gasteiger partial charge in [-0.25, -0.2) is 4.39 Å². The number of hydrogen-bond acceptors (Lipinski definition) is 2. The van der Waals surface area contributed by atoms with Gasteiger partial charge in [-0.3, -0.25) is 0 Å². The van der Waals surface area contributed by atoms with Crippen molar-refractivity contribution in [1.29, 1.82) is 0 Å². The minimum absolute atomic E-state index is 0.321. The molecule has 0 aliphatic heterocycles. The van der Waals surface area contributed by atoms with Crippen molar-refractivity contribution in [2.45, 2.75) is 6.61 Å². The summed E-state index contributed by atoms with van der Waals surface area (Å²) in [5.41, 5.74) is 8.42. The molecule has 0 unspecified atom stereocenters. The molecule has 0 saturated carbocycles. The van der Waals surface area contributed by atoms with Gasteiger partial charge in [0.2, 0.25) is 0 Å². The van der Waals surface area contributed by atoms with E-state index in [0.717, 1.165) is 16.9 Å². The Morgan fingerprint density at radius 3 is 2.27 bits per heavy atom. The van der Waals surface area contributed by atoms with Gasteiger partial charge in [0.1, 0.15) is 18.2 Å². The third-order valence-electron chi connectivity index (χ3n) is 3.41. The fourth-order valence-electron chi connectivity index (χ4n) is 2.24. The lowest BCUT2D eigenvalue weighted by molar-refractivity contribution is 0.306. The number of nitrogens with two attached hydrogens (primary N) is 1. The molecule has 0 aromatic heterocycles. The highest BCUT2D eigenvalue weighted by Crippen LogP contribution is 2.26. The molecule has 2 N–H and O–H groups in total. The van der Waals surface area contributed by atoms with Crippen LogP contribution in [0.4, 0.5) is 10.1 Å². The second-order valence-corrected chi connectivity index (χ2v) is 5.04. The van der Waals surface area contributed by atoms with Crippen LogP contribution in [0.1, 0.15) is 5.56 Å². The van der Waals surface area contributed by atoms with Crippen LogP contribution in [0.5, 0.6) is 5.75 Å². The molecular formula is C19H16FNO. The van der Waals surface area contributed by atoms with Crippen LogP contribution in [0.2, 0.25) is 0 Å². The molecule has 0 bridgehead atoms. The zero-order chi connectivity index (χ0) is 15.4. The number of halogens is 1. The molecule has 0 aliphatic carbocycles. The second kappa shape index (κ2) is 6.31. The maximum atomic E-state index is 13.9. The molecule has 22 heavy (non-hydrogen) atoms. The van der Waals surface area contributed by atoms with Gasteiger partial charge in [0.05, 0.1) is 0 Å². The smallest absolute Gasteiger partial charge is 0.133 e. The zero-order valence-corrected chi connectivity index (χ0v) is 12.0. The van der Waals surface area contributed by atoms with Crippen molar-refractivity contribution in [1.82, 2.24) is 0 Å². The average molecular weight is 293 g/mol. The third-order valence-corrected chi connectivity index (χ3v) is 3.41. The van der Waals surface area contributed by atoms with Gasteiger partial charge in [0.15, 0.2) is 0 Å². The summed E-state index contributed by atoms with van der Waals surface area (Å²) in [6.07, 6.45) is 0. The van der Waals surface area contributed by atoms with Gasteiger partial charge in [-0.15, -0.1) is 0 Å². The van der Waals surface area contributed by atoms with Crippen molar-refractivity contribution < 1.29 is 9.13 Å². The molecule has 0 radical (unpaired) electrons. The van der Waals surface area contributed by atoms with Gasteiger partial charge < -0.3 is 10.5 Å². The maximum absolute atomic E-state index is 13.9. The van der Waals surface area contributed by atoms with Crippen molar-refractivity contribution in [2.24, 2.45) is 0 Å². The molecule has 0 spiro atoms. The molecule has 3 aromatic rings. The Morgan fingerprint density at radius 1 is 0.864 bits per heavy atom. The highest BCUT2D eigenvalue weighted by atomic mass is 19.1. The summed E-state index contributed by atoms with van der Waals surface area (Å²) in [6.45, 7) is 0.510. The van der Waals surface area contributed by atoms with Crippen LogP contribution in [0.3, 0.4) is 0 Å². The van der Waals surface area contributed by atoms with Crippen LogP contribution in [0.25, 0.3) is 11.1 Å². The lowest BCUT2D eigenvalue weighted by Gasteiger charge is -2.08. The number of ether oxygens (including phenoxy) is 1. The molecule has 0 aliphatic rings. The molecule has 3 heteroatoms. The first kappa shape index (κ1) is 14.1. The van der Waals surface area contributed by atoms with E-state index in [0.29, 0.717) is 17.9 Å². The first-order valence-electron chi connectivity index (χ1n) is 7.04. The standard InChI is InChI=1S/C19H16FNO/c20-19-12-16(21)8-11-18(19)15-6-9-17(10-7-15)22-13-14-4-2-1-3-5-14/h1-12H,13,21H2. The van der Waals surface area contributed by atoms with Gasteiger partial charge in [0.25, 0.3) is 0 Å². The minimum Gasteiger partial charge on any atom is -0.489 e. The predicted octanol–water partition coefficient (Wildman–Crippen LogP) is 4.65. The quantitative estimate of drug-likeness (QED) is 0.710. The van der Waals surface area contributed by atoms with E-state index in [2.05, 4.69) is 0 Å². The molecule has 0 fully saturated rings. The number of nitrogen functional groups attached to an aromatic ring is 1. The molecule has 0 atom stereocenters. The van der Waals surface area contributed by atoms with E-state index in [-0.39, 0.29) is 5.82 Å². The SMILES string of the molecule is Nc1ccc(-c2ccc(OCc3ccccc3)cc2)c(F)c1. The molecule has 0 heterocycles. The molecule has 0 saturated heterocycles. The van der Waals surface area contributed by atoms with Crippen LogP contribution in [-0.4, -0.2) is 0 Å². The lowest BCUT2D eigenvalue weighted by Crippen LogP contribution is -1.95. The summed E-state index contributed by atoms with van der Waals surface area (Å²) >= 11 is 0. The Labute approximate surface area is 129 Å². The van der Waals surface area contributed by atoms with Gasteiger partial charge in [-0.05, 0) is 41.5 Å². The van der Waals surface area contributed by atoms with Gasteiger partial charge in [0, 0.05) is 11.3 Å². The van der Waals surface area contributed by atoms with Gasteiger partial charge in [-0.2, -0.15) is 0 Å². The summed E-state index contributed by atoms with van der Waals surface area (Å²) < 4.78 is 19.6. The highest BCUT2D eigenvalue weighted by Gasteiger charge is 2.05. The van der Waals surface area contributed by atoms with E-state index in [4.69, 9.17) is 10.5 Å². The molecule has 3 aromatic carbocycles. The molecule has 0 amide bonds. The van der Waals surface area contributed by atoms with Crippen LogP contribution < -0.4 is 10.5 Å². The van der Waals surface area contributed by atoms with Crippen LogP contribution in [0.15, 0.2) is 72.8 Å². The normalized spacial score (nSPS) is 10.4. The van der Waals surface area contributed by atoms with E-state index in [1.807, 2.05) is 54.6 Å². The molecule has 110 valence electrons. The van der Waals surface area contributed by atoms with Crippen molar-refractivity contribution in [2.75, 3.05) is 5.73 Å². The Balaban J connectivity index is 1.72. The monoisotopic (exact) mass is 293 g/mol. The number of rotatable bonds is 4. The first-order valence-corrected chi connectivity index (χ1v) is 7.04. The van der Waals surface area contributed by atoms with E-state index in [9.17, 15) is 4.39 Å². The van der Waals surface area contributed by atoms with Crippen LogP contribution >= 0.6 is 0 Å². The fourth-order valence-corrected chi connectivity index (χ4v) is 2.24. The first-order chi connectivity index (χ1) is 10.7. The Morgan fingerprint density at radius 2 is 1.59 bits per heavy atom.